The van der Waals surface area contributed by atoms with E-state index >= 15 is 0 Å². The molecule has 0 saturated heterocycles. The molecule has 0 spiro atoms. The molecule has 0 unspecified atom stereocenters. The van der Waals surface area contributed by atoms with Crippen LogP contribution in [0.3, 0.4) is 0 Å². The van der Waals surface area contributed by atoms with Gasteiger partial charge in [0.2, 0.25) is 0 Å². The van der Waals surface area contributed by atoms with Gasteiger partial charge in [0.05, 0.1) is 12.0 Å². The van der Waals surface area contributed by atoms with Gasteiger partial charge < -0.3 is 4.74 Å². The summed E-state index contributed by atoms with van der Waals surface area (Å²) in [5.41, 5.74) is 0.730. The molecule has 66 valence electrons. The zero-order valence-electron chi connectivity index (χ0n) is 7.40. The summed E-state index contributed by atoms with van der Waals surface area (Å²) < 4.78 is 5.44. The molecule has 0 bridgehead atoms. The molecule has 0 radical (unpaired) electrons. The van der Waals surface area contributed by atoms with Crippen molar-refractivity contribution in [3.63, 3.8) is 0 Å². The van der Waals surface area contributed by atoms with Crippen molar-refractivity contribution in [2.45, 2.75) is 6.92 Å². The quantitative estimate of drug-likeness (QED) is 0.698. The smallest absolute Gasteiger partial charge is 0.162 e. The minimum Gasteiger partial charge on any atom is -0.493 e. The molecule has 13 heavy (non-hydrogen) atoms. The summed E-state index contributed by atoms with van der Waals surface area (Å²) in [6.45, 7) is 2.62. The van der Waals surface area contributed by atoms with Crippen molar-refractivity contribution < 1.29 is 4.74 Å². The lowest BCUT2D eigenvalue weighted by molar-refractivity contribution is 0.344. The Hall–Kier alpha value is -1.64. The van der Waals surface area contributed by atoms with E-state index in [0.717, 1.165) is 16.8 Å². The van der Waals surface area contributed by atoms with Gasteiger partial charge in [0.25, 0.3) is 0 Å². The standard InChI is InChI=1S/C10H10N2O/c1-2-13-9-5-7-12-10-8(9)4-3-6-11-10/h3-7H,2H2,1H3. The number of ether oxygens (including phenoxy) is 1. The molecule has 3 nitrogen and oxygen atoms in total. The van der Waals surface area contributed by atoms with Crippen LogP contribution in [0.25, 0.3) is 11.0 Å². The molecule has 2 aromatic heterocycles. The summed E-state index contributed by atoms with van der Waals surface area (Å²) in [7, 11) is 0. The highest BCUT2D eigenvalue weighted by molar-refractivity contribution is 5.81. The van der Waals surface area contributed by atoms with Gasteiger partial charge >= 0.3 is 0 Å². The number of hydrogen-bond acceptors (Lipinski definition) is 3. The minimum atomic E-state index is 0.661. The van der Waals surface area contributed by atoms with Crippen LogP contribution in [0, 0.1) is 0 Å². The van der Waals surface area contributed by atoms with E-state index in [4.69, 9.17) is 4.74 Å². The number of fused-ring (bicyclic) bond motifs is 1. The Morgan fingerprint density at radius 2 is 2.08 bits per heavy atom. The van der Waals surface area contributed by atoms with Gasteiger partial charge in [-0.2, -0.15) is 0 Å². The zero-order chi connectivity index (χ0) is 9.10. The molecule has 0 aliphatic carbocycles. The van der Waals surface area contributed by atoms with Crippen LogP contribution in [0.4, 0.5) is 0 Å². The zero-order valence-corrected chi connectivity index (χ0v) is 7.40. The van der Waals surface area contributed by atoms with Crippen LogP contribution in [0.5, 0.6) is 5.75 Å². The van der Waals surface area contributed by atoms with Gasteiger partial charge in [0.15, 0.2) is 5.65 Å². The topological polar surface area (TPSA) is 35.0 Å². The predicted octanol–water partition coefficient (Wildman–Crippen LogP) is 2.03. The fraction of sp³-hybridized carbons (Fsp3) is 0.200. The average molecular weight is 174 g/mol. The Labute approximate surface area is 76.4 Å². The Morgan fingerprint density at radius 3 is 2.92 bits per heavy atom. The molecule has 0 amide bonds. The fourth-order valence-corrected chi connectivity index (χ4v) is 1.24. The number of nitrogens with zero attached hydrogens (tertiary/aromatic N) is 2. The molecule has 0 N–H and O–H groups in total. The lowest BCUT2D eigenvalue weighted by atomic mass is 10.3. The van der Waals surface area contributed by atoms with E-state index < -0.39 is 0 Å². The van der Waals surface area contributed by atoms with E-state index in [9.17, 15) is 0 Å². The fourth-order valence-electron chi connectivity index (χ4n) is 1.24. The predicted molar refractivity (Wildman–Crippen MR) is 50.7 cm³/mol. The summed E-state index contributed by atoms with van der Waals surface area (Å²) >= 11 is 0. The molecule has 2 heterocycles. The Kier molecular flexibility index (Phi) is 2.08. The van der Waals surface area contributed by atoms with Crippen molar-refractivity contribution in [3.8, 4) is 5.75 Å². The van der Waals surface area contributed by atoms with Gasteiger partial charge in [-0.25, -0.2) is 9.97 Å². The molecule has 2 rings (SSSR count). The van der Waals surface area contributed by atoms with Gasteiger partial charge in [-0.15, -0.1) is 0 Å². The molecule has 0 atom stereocenters. The third-order valence-electron chi connectivity index (χ3n) is 1.77. The summed E-state index contributed by atoms with van der Waals surface area (Å²) in [5.74, 6) is 0.848. The first-order chi connectivity index (χ1) is 6.42. The maximum atomic E-state index is 5.44. The van der Waals surface area contributed by atoms with E-state index in [1.165, 1.54) is 0 Å². The van der Waals surface area contributed by atoms with Crippen LogP contribution < -0.4 is 4.74 Å². The van der Waals surface area contributed by atoms with Crippen LogP contribution in [-0.4, -0.2) is 16.6 Å². The second-order valence-corrected chi connectivity index (χ2v) is 2.62. The summed E-state index contributed by atoms with van der Waals surface area (Å²) in [5, 5.41) is 0.965. The van der Waals surface area contributed by atoms with Crippen LogP contribution in [-0.2, 0) is 0 Å². The van der Waals surface area contributed by atoms with Crippen molar-refractivity contribution in [3.05, 3.63) is 30.6 Å². The summed E-state index contributed by atoms with van der Waals surface area (Å²) in [4.78, 5) is 8.27. The molecule has 0 aromatic carbocycles. The van der Waals surface area contributed by atoms with Crippen LogP contribution in [0.1, 0.15) is 6.92 Å². The Morgan fingerprint density at radius 1 is 1.23 bits per heavy atom. The van der Waals surface area contributed by atoms with Crippen LogP contribution >= 0.6 is 0 Å². The maximum absolute atomic E-state index is 5.44. The third kappa shape index (κ3) is 1.45. The molecular formula is C10H10N2O. The van der Waals surface area contributed by atoms with Gasteiger partial charge in [0.1, 0.15) is 5.75 Å². The maximum Gasteiger partial charge on any atom is 0.162 e. The van der Waals surface area contributed by atoms with Gasteiger partial charge in [-0.3, -0.25) is 0 Å². The van der Waals surface area contributed by atoms with Gasteiger partial charge in [-0.1, -0.05) is 0 Å². The van der Waals surface area contributed by atoms with Crippen molar-refractivity contribution in [1.29, 1.82) is 0 Å². The molecule has 3 heteroatoms. The normalized spacial score (nSPS) is 10.2. The summed E-state index contributed by atoms with van der Waals surface area (Å²) in [6.07, 6.45) is 3.44. The van der Waals surface area contributed by atoms with Crippen molar-refractivity contribution in [1.82, 2.24) is 9.97 Å². The lowest BCUT2D eigenvalue weighted by Crippen LogP contribution is -1.93. The van der Waals surface area contributed by atoms with E-state index in [1.54, 1.807) is 12.4 Å². The summed E-state index contributed by atoms with van der Waals surface area (Å²) in [6, 6.07) is 5.69. The Balaban J connectivity index is 2.61. The van der Waals surface area contributed by atoms with Crippen LogP contribution in [0.15, 0.2) is 30.6 Å². The second kappa shape index (κ2) is 3.39. The minimum absolute atomic E-state index is 0.661. The Bertz CT molecular complexity index is 409. The number of hydrogen-bond donors (Lipinski definition) is 0. The first-order valence-electron chi connectivity index (χ1n) is 4.24. The second-order valence-electron chi connectivity index (χ2n) is 2.62. The molecule has 0 aliphatic rings. The number of aromatic nitrogens is 2. The van der Waals surface area contributed by atoms with E-state index in [2.05, 4.69) is 9.97 Å². The van der Waals surface area contributed by atoms with Gasteiger partial charge in [0, 0.05) is 12.4 Å². The lowest BCUT2D eigenvalue weighted by Gasteiger charge is -2.04. The van der Waals surface area contributed by atoms with Crippen molar-refractivity contribution in [2.75, 3.05) is 6.61 Å². The largest absolute Gasteiger partial charge is 0.493 e. The van der Waals surface area contributed by atoms with Gasteiger partial charge in [-0.05, 0) is 25.1 Å². The monoisotopic (exact) mass is 174 g/mol. The number of rotatable bonds is 2. The highest BCUT2D eigenvalue weighted by Crippen LogP contribution is 2.21. The number of pyridine rings is 2. The first kappa shape index (κ1) is 7.98. The van der Waals surface area contributed by atoms with Crippen molar-refractivity contribution >= 4 is 11.0 Å². The molecule has 0 fully saturated rings. The third-order valence-corrected chi connectivity index (χ3v) is 1.77. The molecular weight excluding hydrogens is 164 g/mol. The van der Waals surface area contributed by atoms with Crippen molar-refractivity contribution in [2.24, 2.45) is 0 Å². The highest BCUT2D eigenvalue weighted by Gasteiger charge is 2.00. The van der Waals surface area contributed by atoms with Crippen LogP contribution in [0.2, 0.25) is 0 Å². The van der Waals surface area contributed by atoms with E-state index in [0.29, 0.717) is 6.61 Å². The molecule has 0 aliphatic heterocycles. The average Bonchev–Trinajstić information content (AvgIpc) is 2.19. The SMILES string of the molecule is CCOc1ccnc2ncccc12. The first-order valence-corrected chi connectivity index (χ1v) is 4.24. The molecule has 2 aromatic rings. The van der Waals surface area contributed by atoms with E-state index in [-0.39, 0.29) is 0 Å². The van der Waals surface area contributed by atoms with E-state index in [1.807, 2.05) is 25.1 Å². The highest BCUT2D eigenvalue weighted by atomic mass is 16.5. The molecule has 0 saturated carbocycles.